The van der Waals surface area contributed by atoms with E-state index in [1.165, 1.54) is 11.1 Å². The summed E-state index contributed by atoms with van der Waals surface area (Å²) in [6.45, 7) is 0. The molecule has 18 heavy (non-hydrogen) atoms. The fourth-order valence-corrected chi connectivity index (χ4v) is 3.01. The third kappa shape index (κ3) is 1.31. The molecule has 3 heteroatoms. The number of aromatic nitrogens is 2. The van der Waals surface area contributed by atoms with Gasteiger partial charge in [0.05, 0.1) is 22.7 Å². The Labute approximate surface area is 108 Å². The lowest BCUT2D eigenvalue weighted by atomic mass is 10.1. The van der Waals surface area contributed by atoms with Gasteiger partial charge in [-0.3, -0.25) is 4.98 Å². The van der Waals surface area contributed by atoms with Gasteiger partial charge in [-0.1, -0.05) is 12.1 Å². The summed E-state index contributed by atoms with van der Waals surface area (Å²) in [5.74, 6) is 0. The molecule has 1 aromatic carbocycles. The first kappa shape index (κ1) is 9.85. The summed E-state index contributed by atoms with van der Waals surface area (Å²) in [5, 5.41) is 4.28. The zero-order valence-corrected chi connectivity index (χ0v) is 10.4. The van der Waals surface area contributed by atoms with E-state index in [0.29, 0.717) is 0 Å². The lowest BCUT2D eigenvalue weighted by molar-refractivity contribution is 1.23. The van der Waals surface area contributed by atoms with Gasteiger partial charge in [-0.25, -0.2) is 0 Å². The van der Waals surface area contributed by atoms with E-state index >= 15 is 0 Å². The van der Waals surface area contributed by atoms with Crippen LogP contribution in [0, 0.1) is 0 Å². The minimum absolute atomic E-state index is 1.03. The zero-order valence-electron chi connectivity index (χ0n) is 9.58. The number of benzene rings is 1. The van der Waals surface area contributed by atoms with E-state index < -0.39 is 0 Å². The van der Waals surface area contributed by atoms with Gasteiger partial charge in [-0.2, -0.15) is 11.3 Å². The Bertz CT molecular complexity index is 828. The molecule has 0 fully saturated rings. The van der Waals surface area contributed by atoms with E-state index in [1.54, 1.807) is 11.3 Å². The van der Waals surface area contributed by atoms with Crippen molar-refractivity contribution in [2.45, 2.75) is 0 Å². The molecule has 0 radical (unpaired) electrons. The Morgan fingerprint density at radius 3 is 2.83 bits per heavy atom. The minimum atomic E-state index is 1.03. The van der Waals surface area contributed by atoms with E-state index in [9.17, 15) is 0 Å². The predicted molar refractivity (Wildman–Crippen MR) is 76.0 cm³/mol. The molecule has 0 saturated carbocycles. The molecule has 0 N–H and O–H groups in total. The van der Waals surface area contributed by atoms with Crippen molar-refractivity contribution in [2.75, 3.05) is 0 Å². The standard InChI is InChI=1S/C15H10N2S/c1-2-4-14-13(3-1)16-9-15-12(5-7-17(14)15)11-6-8-18-10-11/h1-10H. The minimum Gasteiger partial charge on any atom is -0.313 e. The number of nitrogens with zero attached hydrogens (tertiary/aromatic N) is 2. The van der Waals surface area contributed by atoms with Gasteiger partial charge in [0, 0.05) is 11.8 Å². The fraction of sp³-hybridized carbons (Fsp3) is 0. The second-order valence-electron chi connectivity index (χ2n) is 4.24. The number of fused-ring (bicyclic) bond motifs is 3. The van der Waals surface area contributed by atoms with Gasteiger partial charge in [0.1, 0.15) is 0 Å². The third-order valence-electron chi connectivity index (χ3n) is 3.23. The summed E-state index contributed by atoms with van der Waals surface area (Å²) in [7, 11) is 0. The first-order valence-corrected chi connectivity index (χ1v) is 6.75. The summed E-state index contributed by atoms with van der Waals surface area (Å²) < 4.78 is 2.20. The second kappa shape index (κ2) is 3.68. The van der Waals surface area contributed by atoms with Crippen molar-refractivity contribution < 1.29 is 0 Å². The van der Waals surface area contributed by atoms with Crippen LogP contribution in [0.4, 0.5) is 0 Å². The molecular weight excluding hydrogens is 240 g/mol. The molecular formula is C15H10N2S. The monoisotopic (exact) mass is 250 g/mol. The summed E-state index contributed by atoms with van der Waals surface area (Å²) in [5.41, 5.74) is 5.84. The van der Waals surface area contributed by atoms with Crippen LogP contribution >= 0.6 is 11.3 Å². The van der Waals surface area contributed by atoms with E-state index in [2.05, 4.69) is 44.5 Å². The Morgan fingerprint density at radius 1 is 1.00 bits per heavy atom. The smallest absolute Gasteiger partial charge is 0.0870 e. The van der Waals surface area contributed by atoms with Crippen LogP contribution in [0.2, 0.25) is 0 Å². The molecule has 0 aliphatic rings. The van der Waals surface area contributed by atoms with Crippen molar-refractivity contribution in [3.63, 3.8) is 0 Å². The second-order valence-corrected chi connectivity index (χ2v) is 5.02. The zero-order chi connectivity index (χ0) is 11.9. The molecule has 0 aliphatic carbocycles. The molecule has 2 nitrogen and oxygen atoms in total. The number of para-hydroxylation sites is 2. The van der Waals surface area contributed by atoms with Crippen LogP contribution in [0.25, 0.3) is 27.7 Å². The largest absolute Gasteiger partial charge is 0.313 e. The number of rotatable bonds is 1. The lowest BCUT2D eigenvalue weighted by Crippen LogP contribution is -1.88. The van der Waals surface area contributed by atoms with Crippen molar-refractivity contribution in [1.82, 2.24) is 9.38 Å². The summed E-state index contributed by atoms with van der Waals surface area (Å²) >= 11 is 1.72. The molecule has 86 valence electrons. The van der Waals surface area contributed by atoms with Crippen LogP contribution in [-0.4, -0.2) is 9.38 Å². The highest BCUT2D eigenvalue weighted by Gasteiger charge is 2.07. The maximum Gasteiger partial charge on any atom is 0.0870 e. The summed E-state index contributed by atoms with van der Waals surface area (Å²) in [6.07, 6.45) is 4.07. The Hall–Kier alpha value is -2.13. The van der Waals surface area contributed by atoms with E-state index in [4.69, 9.17) is 0 Å². The lowest BCUT2D eigenvalue weighted by Gasteiger charge is -2.02. The van der Waals surface area contributed by atoms with Crippen molar-refractivity contribution >= 4 is 27.9 Å². The SMILES string of the molecule is c1ccc2c(c1)ncc1c(-c3ccsc3)ccn12. The fourth-order valence-electron chi connectivity index (χ4n) is 2.36. The summed E-state index contributed by atoms with van der Waals surface area (Å²) in [4.78, 5) is 4.53. The van der Waals surface area contributed by atoms with Gasteiger partial charge in [0.25, 0.3) is 0 Å². The Morgan fingerprint density at radius 2 is 1.94 bits per heavy atom. The van der Waals surface area contributed by atoms with Crippen molar-refractivity contribution in [3.8, 4) is 11.1 Å². The maximum atomic E-state index is 4.53. The van der Waals surface area contributed by atoms with E-state index in [1.807, 2.05) is 24.4 Å². The Kier molecular flexibility index (Phi) is 2.02. The maximum absolute atomic E-state index is 4.53. The van der Waals surface area contributed by atoms with Gasteiger partial charge in [-0.15, -0.1) is 0 Å². The number of hydrogen-bond donors (Lipinski definition) is 0. The van der Waals surface area contributed by atoms with Gasteiger partial charge >= 0.3 is 0 Å². The van der Waals surface area contributed by atoms with Crippen molar-refractivity contribution in [2.24, 2.45) is 0 Å². The van der Waals surface area contributed by atoms with Gasteiger partial charge in [-0.05, 0) is 40.6 Å². The highest BCUT2D eigenvalue weighted by atomic mass is 32.1. The predicted octanol–water partition coefficient (Wildman–Crippen LogP) is 4.22. The molecule has 3 aromatic heterocycles. The molecule has 0 unspecified atom stereocenters. The topological polar surface area (TPSA) is 17.3 Å². The average molecular weight is 250 g/mol. The van der Waals surface area contributed by atoms with Gasteiger partial charge in [0.15, 0.2) is 0 Å². The van der Waals surface area contributed by atoms with Gasteiger partial charge < -0.3 is 4.40 Å². The summed E-state index contributed by atoms with van der Waals surface area (Å²) in [6, 6.07) is 12.5. The first-order chi connectivity index (χ1) is 8.93. The molecule has 0 amide bonds. The highest BCUT2D eigenvalue weighted by molar-refractivity contribution is 7.08. The number of thiophene rings is 1. The molecule has 0 saturated heterocycles. The molecule has 3 heterocycles. The normalized spacial score (nSPS) is 11.3. The van der Waals surface area contributed by atoms with Crippen LogP contribution in [-0.2, 0) is 0 Å². The number of hydrogen-bond acceptors (Lipinski definition) is 2. The van der Waals surface area contributed by atoms with Crippen LogP contribution < -0.4 is 0 Å². The molecule has 0 bridgehead atoms. The van der Waals surface area contributed by atoms with E-state index in [-0.39, 0.29) is 0 Å². The van der Waals surface area contributed by atoms with Gasteiger partial charge in [0.2, 0.25) is 0 Å². The van der Waals surface area contributed by atoms with Crippen LogP contribution in [0.3, 0.4) is 0 Å². The Balaban J connectivity index is 2.12. The molecule has 4 rings (SSSR count). The molecule has 0 aliphatic heterocycles. The van der Waals surface area contributed by atoms with E-state index in [0.717, 1.165) is 16.6 Å². The molecule has 0 spiro atoms. The van der Waals surface area contributed by atoms with Crippen LogP contribution in [0.15, 0.2) is 59.6 Å². The molecule has 0 atom stereocenters. The highest BCUT2D eigenvalue weighted by Crippen LogP contribution is 2.29. The van der Waals surface area contributed by atoms with Crippen molar-refractivity contribution in [1.29, 1.82) is 0 Å². The molecule has 4 aromatic rings. The van der Waals surface area contributed by atoms with Crippen LogP contribution in [0.5, 0.6) is 0 Å². The quantitative estimate of drug-likeness (QED) is 0.494. The van der Waals surface area contributed by atoms with Crippen molar-refractivity contribution in [3.05, 3.63) is 59.6 Å². The third-order valence-corrected chi connectivity index (χ3v) is 3.91. The first-order valence-electron chi connectivity index (χ1n) is 5.81. The average Bonchev–Trinajstić information content (AvgIpc) is 3.07. The van der Waals surface area contributed by atoms with Crippen LogP contribution in [0.1, 0.15) is 0 Å².